The highest BCUT2D eigenvalue weighted by Gasteiger charge is 2.35. The van der Waals surface area contributed by atoms with E-state index in [0.717, 1.165) is 9.87 Å². The van der Waals surface area contributed by atoms with Gasteiger partial charge in [-0.25, -0.2) is 13.2 Å². The Bertz CT molecular complexity index is 990. The molecule has 2 aromatic rings. The minimum Gasteiger partial charge on any atom is -0.480 e. The molecule has 0 saturated heterocycles. The summed E-state index contributed by atoms with van der Waals surface area (Å²) < 4.78 is 27.7. The van der Waals surface area contributed by atoms with E-state index in [1.807, 2.05) is 19.1 Å². The maximum atomic E-state index is 13.4. The summed E-state index contributed by atoms with van der Waals surface area (Å²) in [6.45, 7) is 8.09. The van der Waals surface area contributed by atoms with E-state index < -0.39 is 22.0 Å². The summed E-state index contributed by atoms with van der Waals surface area (Å²) in [5.41, 5.74) is 3.10. The first-order valence-electron chi connectivity index (χ1n) is 8.68. The third kappa shape index (κ3) is 4.33. The Morgan fingerprint density at radius 1 is 1.04 bits per heavy atom. The number of carboxylic acid groups (broad SMARTS) is 1. The van der Waals surface area contributed by atoms with Crippen molar-refractivity contribution >= 4 is 33.3 Å². The van der Waals surface area contributed by atoms with Crippen LogP contribution in [-0.4, -0.2) is 31.4 Å². The molecule has 28 heavy (non-hydrogen) atoms. The standard InChI is InChI=1S/C20H24N2O5S/c1-12-10-13(2)19(14(3)11-12)22(15(4)20(24)25)28(26,27)18-8-6-17(7-9-18)21-16(5)23/h6-11,15H,1-5H3,(H,21,23)(H,24,25). The molecule has 0 aliphatic rings. The number of benzene rings is 2. The molecule has 150 valence electrons. The first kappa shape index (κ1) is 21.4. The van der Waals surface area contributed by atoms with Gasteiger partial charge in [-0.15, -0.1) is 0 Å². The van der Waals surface area contributed by atoms with Crippen molar-refractivity contribution in [3.8, 4) is 0 Å². The molecule has 2 N–H and O–H groups in total. The number of anilines is 2. The van der Waals surface area contributed by atoms with Crippen LogP contribution < -0.4 is 9.62 Å². The molecule has 0 radical (unpaired) electrons. The summed E-state index contributed by atoms with van der Waals surface area (Å²) >= 11 is 0. The quantitative estimate of drug-likeness (QED) is 0.769. The molecule has 1 amide bonds. The second kappa shape index (κ2) is 8.02. The third-order valence-electron chi connectivity index (χ3n) is 4.30. The van der Waals surface area contributed by atoms with Crippen LogP contribution in [0.25, 0.3) is 0 Å². The van der Waals surface area contributed by atoms with E-state index >= 15 is 0 Å². The van der Waals surface area contributed by atoms with Gasteiger partial charge >= 0.3 is 5.97 Å². The summed E-state index contributed by atoms with van der Waals surface area (Å²) in [5, 5.41) is 12.1. The van der Waals surface area contributed by atoms with Crippen molar-refractivity contribution in [2.24, 2.45) is 0 Å². The van der Waals surface area contributed by atoms with E-state index in [-0.39, 0.29) is 10.8 Å². The van der Waals surface area contributed by atoms with Crippen LogP contribution in [0.2, 0.25) is 0 Å². The lowest BCUT2D eigenvalue weighted by molar-refractivity contribution is -0.137. The molecule has 0 heterocycles. The minimum absolute atomic E-state index is 0.0610. The molecule has 0 aliphatic heterocycles. The van der Waals surface area contributed by atoms with Crippen molar-refractivity contribution in [2.75, 3.05) is 9.62 Å². The van der Waals surface area contributed by atoms with Crippen molar-refractivity contribution in [3.05, 3.63) is 53.1 Å². The van der Waals surface area contributed by atoms with Gasteiger partial charge in [0.2, 0.25) is 5.91 Å². The number of hydrogen-bond acceptors (Lipinski definition) is 4. The number of carbonyl (C=O) groups excluding carboxylic acids is 1. The van der Waals surface area contributed by atoms with Gasteiger partial charge in [-0.1, -0.05) is 17.7 Å². The van der Waals surface area contributed by atoms with Gasteiger partial charge in [-0.3, -0.25) is 9.10 Å². The summed E-state index contributed by atoms with van der Waals surface area (Å²) in [4.78, 5) is 22.8. The highest BCUT2D eigenvalue weighted by molar-refractivity contribution is 7.93. The molecule has 1 unspecified atom stereocenters. The van der Waals surface area contributed by atoms with Gasteiger partial charge in [0.15, 0.2) is 0 Å². The Balaban J connectivity index is 2.64. The molecule has 0 fully saturated rings. The lowest BCUT2D eigenvalue weighted by Gasteiger charge is -2.31. The van der Waals surface area contributed by atoms with Gasteiger partial charge in [0, 0.05) is 12.6 Å². The summed E-state index contributed by atoms with van der Waals surface area (Å²) in [6, 6.07) is 7.96. The number of hydrogen-bond donors (Lipinski definition) is 2. The summed E-state index contributed by atoms with van der Waals surface area (Å²) in [7, 11) is -4.16. The molecule has 0 aromatic heterocycles. The fourth-order valence-electron chi connectivity index (χ4n) is 3.17. The minimum atomic E-state index is -4.16. The molecule has 7 nitrogen and oxygen atoms in total. The van der Waals surface area contributed by atoms with Crippen molar-refractivity contribution in [3.63, 3.8) is 0 Å². The molecular weight excluding hydrogens is 380 g/mol. The largest absolute Gasteiger partial charge is 0.480 e. The van der Waals surface area contributed by atoms with E-state index in [9.17, 15) is 23.1 Å². The van der Waals surface area contributed by atoms with Crippen LogP contribution in [0, 0.1) is 20.8 Å². The maximum absolute atomic E-state index is 13.4. The van der Waals surface area contributed by atoms with Crippen LogP contribution in [0.4, 0.5) is 11.4 Å². The monoisotopic (exact) mass is 404 g/mol. The topological polar surface area (TPSA) is 104 Å². The van der Waals surface area contributed by atoms with E-state index in [0.29, 0.717) is 22.5 Å². The van der Waals surface area contributed by atoms with Crippen LogP contribution in [0.5, 0.6) is 0 Å². The van der Waals surface area contributed by atoms with Gasteiger partial charge in [0.25, 0.3) is 10.0 Å². The number of amides is 1. The number of carbonyl (C=O) groups is 2. The van der Waals surface area contributed by atoms with Crippen LogP contribution in [0.15, 0.2) is 41.3 Å². The molecule has 0 bridgehead atoms. The van der Waals surface area contributed by atoms with Gasteiger partial charge in [0.1, 0.15) is 6.04 Å². The molecule has 2 rings (SSSR count). The molecule has 2 aromatic carbocycles. The van der Waals surface area contributed by atoms with E-state index in [4.69, 9.17) is 0 Å². The van der Waals surface area contributed by atoms with Crippen molar-refractivity contribution < 1.29 is 23.1 Å². The average Bonchev–Trinajstić information content (AvgIpc) is 2.57. The Hall–Kier alpha value is -2.87. The number of aryl methyl sites for hydroxylation is 3. The predicted octanol–water partition coefficient (Wildman–Crippen LogP) is 3.24. The number of rotatable bonds is 6. The lowest BCUT2D eigenvalue weighted by atomic mass is 10.0. The predicted molar refractivity (Wildman–Crippen MR) is 108 cm³/mol. The van der Waals surface area contributed by atoms with Gasteiger partial charge in [-0.2, -0.15) is 0 Å². The van der Waals surface area contributed by atoms with Crippen LogP contribution >= 0.6 is 0 Å². The SMILES string of the molecule is CC(=O)Nc1ccc(S(=O)(=O)N(c2c(C)cc(C)cc2C)C(C)C(=O)O)cc1. The molecule has 1 atom stereocenters. The highest BCUT2D eigenvalue weighted by Crippen LogP contribution is 2.33. The Kier molecular flexibility index (Phi) is 6.14. The lowest BCUT2D eigenvalue weighted by Crippen LogP contribution is -2.44. The first-order valence-corrected chi connectivity index (χ1v) is 10.1. The van der Waals surface area contributed by atoms with E-state index in [2.05, 4.69) is 5.32 Å². The number of carboxylic acids is 1. The van der Waals surface area contributed by atoms with Gasteiger partial charge in [-0.05, 0) is 63.1 Å². The van der Waals surface area contributed by atoms with Crippen LogP contribution in [-0.2, 0) is 19.6 Å². The number of nitrogens with zero attached hydrogens (tertiary/aromatic N) is 1. The molecule has 0 saturated carbocycles. The highest BCUT2D eigenvalue weighted by atomic mass is 32.2. The first-order chi connectivity index (χ1) is 12.9. The fraction of sp³-hybridized carbons (Fsp3) is 0.300. The number of nitrogens with one attached hydrogen (secondary N) is 1. The fourth-order valence-corrected chi connectivity index (χ4v) is 4.91. The third-order valence-corrected chi connectivity index (χ3v) is 6.18. The molecule has 8 heteroatoms. The van der Waals surface area contributed by atoms with Gasteiger partial charge in [0.05, 0.1) is 10.6 Å². The Morgan fingerprint density at radius 2 is 1.54 bits per heavy atom. The zero-order valence-corrected chi connectivity index (χ0v) is 17.3. The van der Waals surface area contributed by atoms with E-state index in [1.165, 1.54) is 38.1 Å². The number of sulfonamides is 1. The Morgan fingerprint density at radius 3 is 1.96 bits per heavy atom. The van der Waals surface area contributed by atoms with Crippen molar-refractivity contribution in [1.29, 1.82) is 0 Å². The van der Waals surface area contributed by atoms with Crippen LogP contribution in [0.1, 0.15) is 30.5 Å². The smallest absolute Gasteiger partial charge is 0.327 e. The number of aliphatic carboxylic acids is 1. The molecular formula is C20H24N2O5S. The molecule has 0 spiro atoms. The van der Waals surface area contributed by atoms with Crippen molar-refractivity contribution in [2.45, 2.75) is 45.6 Å². The summed E-state index contributed by atoms with van der Waals surface area (Å²) in [6.07, 6.45) is 0. The Labute approximate surface area is 165 Å². The summed E-state index contributed by atoms with van der Waals surface area (Å²) in [5.74, 6) is -1.53. The molecule has 0 aliphatic carbocycles. The average molecular weight is 404 g/mol. The van der Waals surface area contributed by atoms with Crippen molar-refractivity contribution in [1.82, 2.24) is 0 Å². The van der Waals surface area contributed by atoms with Crippen LogP contribution in [0.3, 0.4) is 0 Å². The second-order valence-corrected chi connectivity index (χ2v) is 8.58. The van der Waals surface area contributed by atoms with E-state index in [1.54, 1.807) is 13.8 Å². The zero-order valence-electron chi connectivity index (χ0n) is 16.5. The maximum Gasteiger partial charge on any atom is 0.327 e. The normalized spacial score (nSPS) is 12.3. The van der Waals surface area contributed by atoms with Gasteiger partial charge < -0.3 is 10.4 Å². The second-order valence-electron chi connectivity index (χ2n) is 6.77. The zero-order chi connectivity index (χ0) is 21.2.